The molecule has 0 bridgehead atoms. The van der Waals surface area contributed by atoms with Gasteiger partial charge in [0.25, 0.3) is 5.91 Å². The van der Waals surface area contributed by atoms with Crippen molar-refractivity contribution in [1.82, 2.24) is 20.2 Å². The maximum atomic E-state index is 13.2. The van der Waals surface area contributed by atoms with E-state index in [1.807, 2.05) is 0 Å². The van der Waals surface area contributed by atoms with E-state index in [9.17, 15) is 32.7 Å². The number of nitrogens with one attached hydrogen (secondary N) is 2. The average molecular weight is 510 g/mol. The minimum absolute atomic E-state index is 0.0751. The zero-order valence-corrected chi connectivity index (χ0v) is 19.6. The van der Waals surface area contributed by atoms with Crippen LogP contribution in [0, 0.1) is 0 Å². The molecule has 1 amide bonds. The predicted octanol–water partition coefficient (Wildman–Crippen LogP) is 2.90. The Balaban J connectivity index is 1.60. The fraction of sp³-hybridized carbons (Fsp3) is 0.409. The number of carbonyl (C=O) groups is 3. The van der Waals surface area contributed by atoms with E-state index in [0.29, 0.717) is 39.1 Å². The molecule has 0 atom stereocenters. The molecule has 0 unspecified atom stereocenters. The second-order valence-corrected chi connectivity index (χ2v) is 9.72. The number of aliphatic hydroxyl groups is 1. The molecule has 2 aliphatic rings. The Morgan fingerprint density at radius 3 is 2.54 bits per heavy atom. The molecule has 3 N–H and O–H groups in total. The predicted molar refractivity (Wildman–Crippen MR) is 121 cm³/mol. The SMILES string of the molecule is CC(/C=C(\C=O)Nc1ncnc2sc(C=O)cc12)=C1\C(=O)NC2(CCC(O)(C(F)(F)F)CC2)N1C. The van der Waals surface area contributed by atoms with Crippen LogP contribution in [0.5, 0.6) is 0 Å². The van der Waals surface area contributed by atoms with Crippen LogP contribution in [-0.2, 0) is 9.59 Å². The summed E-state index contributed by atoms with van der Waals surface area (Å²) in [7, 11) is 1.59. The molecule has 1 saturated heterocycles. The highest BCUT2D eigenvalue weighted by Crippen LogP contribution is 2.47. The number of aromatic nitrogens is 2. The summed E-state index contributed by atoms with van der Waals surface area (Å²) >= 11 is 1.17. The number of amides is 1. The number of aldehydes is 2. The number of alkyl halides is 3. The molecule has 13 heteroatoms. The van der Waals surface area contributed by atoms with Gasteiger partial charge in [-0.25, -0.2) is 9.97 Å². The highest BCUT2D eigenvalue weighted by Gasteiger charge is 2.59. The molecule has 2 aromatic rings. The molecule has 1 saturated carbocycles. The highest BCUT2D eigenvalue weighted by atomic mass is 32.1. The molecule has 35 heavy (non-hydrogen) atoms. The summed E-state index contributed by atoms with van der Waals surface area (Å²) in [5, 5.41) is 16.2. The van der Waals surface area contributed by atoms with Gasteiger partial charge in [0.2, 0.25) is 0 Å². The molecule has 1 aliphatic carbocycles. The van der Waals surface area contributed by atoms with Crippen LogP contribution < -0.4 is 10.6 Å². The number of thiophene rings is 1. The minimum Gasteiger partial charge on any atom is -0.380 e. The molecule has 0 radical (unpaired) electrons. The minimum atomic E-state index is -4.75. The summed E-state index contributed by atoms with van der Waals surface area (Å²) in [5.74, 6) is -0.184. The number of likely N-dealkylation sites (N-methyl/N-ethyl adjacent to an activating group) is 1. The summed E-state index contributed by atoms with van der Waals surface area (Å²) < 4.78 is 39.7. The van der Waals surface area contributed by atoms with Crippen LogP contribution in [0.4, 0.5) is 19.0 Å². The number of allylic oxidation sites excluding steroid dienone is 3. The maximum absolute atomic E-state index is 13.2. The number of hydrogen-bond acceptors (Lipinski definition) is 9. The van der Waals surface area contributed by atoms with Crippen molar-refractivity contribution in [3.8, 4) is 0 Å². The Bertz CT molecular complexity index is 1260. The zero-order valence-electron chi connectivity index (χ0n) is 18.8. The van der Waals surface area contributed by atoms with Gasteiger partial charge in [0.05, 0.1) is 16.0 Å². The largest absolute Gasteiger partial charge is 0.417 e. The van der Waals surface area contributed by atoms with Gasteiger partial charge < -0.3 is 20.6 Å². The van der Waals surface area contributed by atoms with E-state index < -0.39 is 36.2 Å². The Kier molecular flexibility index (Phi) is 6.18. The molecule has 0 aromatic carbocycles. The lowest BCUT2D eigenvalue weighted by atomic mass is 9.78. The van der Waals surface area contributed by atoms with Crippen LogP contribution in [0.3, 0.4) is 0 Å². The molecule has 1 spiro atoms. The first kappa shape index (κ1) is 24.8. The molecule has 1 aliphatic heterocycles. The maximum Gasteiger partial charge on any atom is 0.417 e. The van der Waals surface area contributed by atoms with Crippen molar-refractivity contribution in [1.29, 1.82) is 0 Å². The molecular formula is C22H22F3N5O4S. The van der Waals surface area contributed by atoms with Gasteiger partial charge in [0, 0.05) is 7.05 Å². The highest BCUT2D eigenvalue weighted by molar-refractivity contribution is 7.20. The second kappa shape index (κ2) is 8.72. The topological polar surface area (TPSA) is 125 Å². The van der Waals surface area contributed by atoms with Crippen molar-refractivity contribution in [2.45, 2.75) is 50.0 Å². The molecule has 2 aromatic heterocycles. The number of carbonyl (C=O) groups excluding carboxylic acids is 3. The lowest BCUT2D eigenvalue weighted by Crippen LogP contribution is -2.59. The standard InChI is InChI=1S/C22H22F3N5O4S/c1-12(7-13(9-31)28-17-15-8-14(10-32)35-19(15)27-11-26-17)16-18(33)29-21(30(16)2)5-3-20(34,4-6-21)22(23,24)25/h7-11,34H,3-6H2,1-2H3,(H,29,33)(H,26,27,28)/b13-7+,16-12-. The van der Waals surface area contributed by atoms with E-state index in [4.69, 9.17) is 0 Å². The van der Waals surface area contributed by atoms with Crippen molar-refractivity contribution >= 4 is 45.9 Å². The van der Waals surface area contributed by atoms with Crippen molar-refractivity contribution in [3.05, 3.63) is 40.3 Å². The summed E-state index contributed by atoms with van der Waals surface area (Å²) in [4.78, 5) is 46.5. The quantitative estimate of drug-likeness (QED) is 0.415. The van der Waals surface area contributed by atoms with Gasteiger partial charge in [-0.1, -0.05) is 0 Å². The third-order valence-electron chi connectivity index (χ3n) is 6.57. The summed E-state index contributed by atoms with van der Waals surface area (Å²) in [6.07, 6.45) is -2.08. The number of fused-ring (bicyclic) bond motifs is 1. The lowest BCUT2D eigenvalue weighted by molar-refractivity contribution is -0.275. The monoisotopic (exact) mass is 509 g/mol. The fourth-order valence-corrected chi connectivity index (χ4v) is 5.37. The fourth-order valence-electron chi connectivity index (χ4n) is 4.56. The summed E-state index contributed by atoms with van der Waals surface area (Å²) in [6.45, 7) is 1.61. The number of rotatable bonds is 5. The van der Waals surface area contributed by atoms with E-state index in [0.717, 1.165) is 0 Å². The zero-order chi connectivity index (χ0) is 25.6. The number of hydrogen-bond donors (Lipinski definition) is 3. The second-order valence-electron chi connectivity index (χ2n) is 8.66. The Morgan fingerprint density at radius 2 is 1.94 bits per heavy atom. The first-order valence-corrected chi connectivity index (χ1v) is 11.4. The van der Waals surface area contributed by atoms with E-state index >= 15 is 0 Å². The van der Waals surface area contributed by atoms with Gasteiger partial charge >= 0.3 is 6.18 Å². The van der Waals surface area contributed by atoms with Crippen LogP contribution in [0.15, 0.2) is 35.4 Å². The van der Waals surface area contributed by atoms with Crippen LogP contribution >= 0.6 is 11.3 Å². The van der Waals surface area contributed by atoms with Gasteiger partial charge in [0.15, 0.2) is 18.2 Å². The summed E-state index contributed by atoms with van der Waals surface area (Å²) in [5.41, 5.74) is -3.17. The Labute approximate surface area is 201 Å². The van der Waals surface area contributed by atoms with E-state index in [1.165, 1.54) is 23.7 Å². The van der Waals surface area contributed by atoms with E-state index in [1.54, 1.807) is 24.9 Å². The normalized spacial score (nSPS) is 26.7. The van der Waals surface area contributed by atoms with Gasteiger partial charge in [-0.05, 0) is 50.3 Å². The van der Waals surface area contributed by atoms with Gasteiger partial charge in [-0.3, -0.25) is 14.4 Å². The number of halogens is 3. The Hall–Kier alpha value is -3.32. The van der Waals surface area contributed by atoms with Crippen LogP contribution in [0.2, 0.25) is 0 Å². The molecular weight excluding hydrogens is 487 g/mol. The van der Waals surface area contributed by atoms with E-state index in [-0.39, 0.29) is 24.2 Å². The third-order valence-corrected chi connectivity index (χ3v) is 7.54. The van der Waals surface area contributed by atoms with Crippen LogP contribution in [0.25, 0.3) is 10.2 Å². The molecule has 2 fully saturated rings. The average Bonchev–Trinajstić information content (AvgIpc) is 3.33. The first-order chi connectivity index (χ1) is 16.4. The smallest absolute Gasteiger partial charge is 0.380 e. The van der Waals surface area contributed by atoms with Crippen LogP contribution in [0.1, 0.15) is 42.3 Å². The molecule has 4 rings (SSSR count). The van der Waals surface area contributed by atoms with Crippen molar-refractivity contribution in [3.63, 3.8) is 0 Å². The number of anilines is 1. The van der Waals surface area contributed by atoms with Crippen LogP contribution in [-0.4, -0.2) is 62.9 Å². The lowest BCUT2D eigenvalue weighted by Gasteiger charge is -2.45. The third kappa shape index (κ3) is 4.29. The van der Waals surface area contributed by atoms with Crippen molar-refractivity contribution < 1.29 is 32.7 Å². The Morgan fingerprint density at radius 1 is 1.26 bits per heavy atom. The number of nitrogens with zero attached hydrogens (tertiary/aromatic N) is 3. The van der Waals surface area contributed by atoms with Gasteiger partial charge in [-0.2, -0.15) is 13.2 Å². The molecule has 3 heterocycles. The molecule has 186 valence electrons. The first-order valence-electron chi connectivity index (χ1n) is 10.6. The van der Waals surface area contributed by atoms with Gasteiger partial charge in [0.1, 0.15) is 28.3 Å². The van der Waals surface area contributed by atoms with E-state index in [2.05, 4.69) is 20.6 Å². The summed E-state index contributed by atoms with van der Waals surface area (Å²) in [6, 6.07) is 1.59. The van der Waals surface area contributed by atoms with Crippen molar-refractivity contribution in [2.24, 2.45) is 0 Å². The van der Waals surface area contributed by atoms with Crippen molar-refractivity contribution in [2.75, 3.05) is 12.4 Å². The van der Waals surface area contributed by atoms with Gasteiger partial charge in [-0.15, -0.1) is 11.3 Å². The molecule has 9 nitrogen and oxygen atoms in total.